The molecule has 0 spiro atoms. The zero-order valence-corrected chi connectivity index (χ0v) is 12.9. The van der Waals surface area contributed by atoms with Gasteiger partial charge in [0.05, 0.1) is 31.0 Å². The number of nitriles is 1. The second kappa shape index (κ2) is 6.04. The Kier molecular flexibility index (Phi) is 4.10. The molecule has 114 valence electrons. The van der Waals surface area contributed by atoms with Gasteiger partial charge in [-0.15, -0.1) is 12.4 Å². The zero-order chi connectivity index (χ0) is 14.2. The molecule has 0 N–H and O–H groups in total. The van der Waals surface area contributed by atoms with E-state index in [1.807, 2.05) is 30.3 Å². The molecule has 0 unspecified atom stereocenters. The van der Waals surface area contributed by atoms with Crippen molar-refractivity contribution in [3.8, 4) is 11.8 Å². The van der Waals surface area contributed by atoms with Crippen molar-refractivity contribution in [1.82, 2.24) is 4.90 Å². The lowest BCUT2D eigenvalue weighted by Gasteiger charge is -2.27. The Bertz CT molecular complexity index is 693. The Morgan fingerprint density at radius 1 is 1.27 bits per heavy atom. The lowest BCUT2D eigenvalue weighted by atomic mass is 9.86. The molecule has 4 rings (SSSR count). The van der Waals surface area contributed by atoms with Crippen LogP contribution in [-0.2, 0) is 6.54 Å². The van der Waals surface area contributed by atoms with E-state index in [0.717, 1.165) is 37.8 Å². The minimum atomic E-state index is 0. The summed E-state index contributed by atoms with van der Waals surface area (Å²) in [5.41, 5.74) is 1.90. The van der Waals surface area contributed by atoms with Crippen LogP contribution in [0.5, 0.6) is 5.75 Å². The van der Waals surface area contributed by atoms with Gasteiger partial charge in [-0.3, -0.25) is 4.90 Å². The monoisotopic (exact) mass is 316 g/mol. The summed E-state index contributed by atoms with van der Waals surface area (Å²) in [6, 6.07) is 11.9. The number of likely N-dealkylation sites (tertiary alicyclic amines) is 1. The number of benzene rings is 1. The van der Waals surface area contributed by atoms with Gasteiger partial charge in [0, 0.05) is 30.5 Å². The van der Waals surface area contributed by atoms with Crippen LogP contribution in [0.25, 0.3) is 0 Å². The highest BCUT2D eigenvalue weighted by Crippen LogP contribution is 2.42. The average molecular weight is 317 g/mol. The summed E-state index contributed by atoms with van der Waals surface area (Å²) in [5.74, 6) is 2.90. The fourth-order valence-corrected chi connectivity index (χ4v) is 3.47. The first-order valence-electron chi connectivity index (χ1n) is 7.25. The molecule has 4 nitrogen and oxygen atoms in total. The molecular weight excluding hydrogens is 300 g/mol. The molecule has 5 heteroatoms. The summed E-state index contributed by atoms with van der Waals surface area (Å²) >= 11 is 0. The van der Waals surface area contributed by atoms with Crippen LogP contribution in [0.1, 0.15) is 22.8 Å². The van der Waals surface area contributed by atoms with Crippen molar-refractivity contribution in [2.75, 3.05) is 19.7 Å². The Hall–Kier alpha value is -1.96. The van der Waals surface area contributed by atoms with Crippen molar-refractivity contribution in [2.24, 2.45) is 5.92 Å². The van der Waals surface area contributed by atoms with E-state index in [4.69, 9.17) is 14.4 Å². The molecule has 1 fully saturated rings. The van der Waals surface area contributed by atoms with Crippen molar-refractivity contribution < 1.29 is 9.15 Å². The first-order chi connectivity index (χ1) is 10.3. The number of nitrogens with zero attached hydrogens (tertiary/aromatic N) is 2. The molecule has 3 heterocycles. The molecule has 0 amide bonds. The Balaban J connectivity index is 0.00000144. The van der Waals surface area contributed by atoms with E-state index in [-0.39, 0.29) is 12.4 Å². The highest BCUT2D eigenvalue weighted by atomic mass is 35.5. The molecule has 2 aromatic rings. The number of ether oxygens (including phenoxy) is 1. The third-order valence-corrected chi connectivity index (χ3v) is 4.47. The van der Waals surface area contributed by atoms with Crippen LogP contribution in [0.3, 0.4) is 0 Å². The van der Waals surface area contributed by atoms with Gasteiger partial charge in [0.25, 0.3) is 0 Å². The van der Waals surface area contributed by atoms with Gasteiger partial charge in [0.1, 0.15) is 11.5 Å². The predicted molar refractivity (Wildman–Crippen MR) is 84.1 cm³/mol. The van der Waals surface area contributed by atoms with Gasteiger partial charge in [-0.05, 0) is 30.3 Å². The molecule has 0 saturated carbocycles. The molecule has 22 heavy (non-hydrogen) atoms. The molecule has 1 aromatic heterocycles. The Labute approximate surface area is 135 Å². The second-order valence-corrected chi connectivity index (χ2v) is 5.82. The number of rotatable bonds is 2. The van der Waals surface area contributed by atoms with Crippen molar-refractivity contribution >= 4 is 12.4 Å². The van der Waals surface area contributed by atoms with Crippen LogP contribution >= 0.6 is 12.4 Å². The maximum atomic E-state index is 9.09. The summed E-state index contributed by atoms with van der Waals surface area (Å²) in [6.07, 6.45) is 1.72. The van der Waals surface area contributed by atoms with Crippen LogP contribution < -0.4 is 4.74 Å². The van der Waals surface area contributed by atoms with Crippen LogP contribution in [0.4, 0.5) is 0 Å². The molecule has 2 atom stereocenters. The number of hydrogen-bond acceptors (Lipinski definition) is 4. The summed E-state index contributed by atoms with van der Waals surface area (Å²) in [4.78, 5) is 2.41. The first-order valence-corrected chi connectivity index (χ1v) is 7.25. The van der Waals surface area contributed by atoms with Crippen LogP contribution in [0.15, 0.2) is 41.0 Å². The van der Waals surface area contributed by atoms with E-state index in [1.165, 1.54) is 5.56 Å². The van der Waals surface area contributed by atoms with E-state index >= 15 is 0 Å². The summed E-state index contributed by atoms with van der Waals surface area (Å²) in [6.45, 7) is 3.61. The minimum Gasteiger partial charge on any atom is -0.493 e. The number of fused-ring (bicyclic) bond motifs is 3. The Morgan fingerprint density at radius 3 is 2.95 bits per heavy atom. The van der Waals surface area contributed by atoms with E-state index in [0.29, 0.717) is 17.4 Å². The second-order valence-electron chi connectivity index (χ2n) is 5.82. The predicted octanol–water partition coefficient (Wildman–Crippen LogP) is 3.18. The largest absolute Gasteiger partial charge is 0.493 e. The number of furan rings is 1. The summed E-state index contributed by atoms with van der Waals surface area (Å²) in [7, 11) is 0. The smallest absolute Gasteiger partial charge is 0.122 e. The molecular formula is C17H17ClN2O2. The van der Waals surface area contributed by atoms with Crippen molar-refractivity contribution in [3.63, 3.8) is 0 Å². The van der Waals surface area contributed by atoms with Gasteiger partial charge in [-0.2, -0.15) is 5.26 Å². The van der Waals surface area contributed by atoms with E-state index in [1.54, 1.807) is 6.26 Å². The normalized spacial score (nSPS) is 22.9. The topological polar surface area (TPSA) is 49.4 Å². The highest BCUT2D eigenvalue weighted by molar-refractivity contribution is 5.85. The summed E-state index contributed by atoms with van der Waals surface area (Å²) < 4.78 is 11.3. The van der Waals surface area contributed by atoms with Gasteiger partial charge in [0.2, 0.25) is 0 Å². The van der Waals surface area contributed by atoms with E-state index in [2.05, 4.69) is 11.0 Å². The maximum Gasteiger partial charge on any atom is 0.122 e. The standard InChI is InChI=1S/C17H16N2O2.ClH/c18-7-12-3-4-17-15(6-12)16-10-19(8-13(16)11-21-17)9-14-2-1-5-20-14;/h1-6,13,16H,8-11H2;1H/t13-,16+;/m1./s1. The van der Waals surface area contributed by atoms with Crippen LogP contribution in [-0.4, -0.2) is 24.6 Å². The summed E-state index contributed by atoms with van der Waals surface area (Å²) in [5, 5.41) is 9.09. The fraction of sp³-hybridized carbons (Fsp3) is 0.353. The molecule has 2 aliphatic rings. The number of hydrogen-bond donors (Lipinski definition) is 0. The lowest BCUT2D eigenvalue weighted by molar-refractivity contribution is 0.210. The Morgan fingerprint density at radius 2 is 2.18 bits per heavy atom. The molecule has 1 aromatic carbocycles. The van der Waals surface area contributed by atoms with E-state index < -0.39 is 0 Å². The van der Waals surface area contributed by atoms with Gasteiger partial charge >= 0.3 is 0 Å². The van der Waals surface area contributed by atoms with Crippen LogP contribution in [0, 0.1) is 17.2 Å². The van der Waals surface area contributed by atoms with Gasteiger partial charge in [0.15, 0.2) is 0 Å². The van der Waals surface area contributed by atoms with Crippen LogP contribution in [0.2, 0.25) is 0 Å². The molecule has 1 saturated heterocycles. The number of halogens is 1. The van der Waals surface area contributed by atoms with Crippen molar-refractivity contribution in [2.45, 2.75) is 12.5 Å². The highest BCUT2D eigenvalue weighted by Gasteiger charge is 2.38. The molecule has 0 radical (unpaired) electrons. The van der Waals surface area contributed by atoms with Gasteiger partial charge < -0.3 is 9.15 Å². The SMILES string of the molecule is Cl.N#Cc1ccc2c(c1)[C@H]1CN(Cc3ccco3)C[C@@H]1CO2. The lowest BCUT2D eigenvalue weighted by Crippen LogP contribution is -2.25. The molecule has 0 aliphatic carbocycles. The molecule has 2 aliphatic heterocycles. The zero-order valence-electron chi connectivity index (χ0n) is 12.1. The molecule has 0 bridgehead atoms. The minimum absolute atomic E-state index is 0. The van der Waals surface area contributed by atoms with Crippen molar-refractivity contribution in [3.05, 3.63) is 53.5 Å². The first kappa shape index (κ1) is 15.0. The van der Waals surface area contributed by atoms with E-state index in [9.17, 15) is 0 Å². The van der Waals surface area contributed by atoms with Crippen molar-refractivity contribution in [1.29, 1.82) is 5.26 Å². The third-order valence-electron chi connectivity index (χ3n) is 4.47. The quantitative estimate of drug-likeness (QED) is 0.854. The fourth-order valence-electron chi connectivity index (χ4n) is 3.47. The average Bonchev–Trinajstić information content (AvgIpc) is 3.16. The van der Waals surface area contributed by atoms with Gasteiger partial charge in [-0.25, -0.2) is 0 Å². The van der Waals surface area contributed by atoms with Gasteiger partial charge in [-0.1, -0.05) is 0 Å². The maximum absolute atomic E-state index is 9.09. The third kappa shape index (κ3) is 2.58.